The molecule has 0 unspecified atom stereocenters. The van der Waals surface area contributed by atoms with Gasteiger partial charge >= 0.3 is 78.8 Å². The average Bonchev–Trinajstić information content (AvgIpc) is 2.86. The quantitative estimate of drug-likeness (QED) is 0.468. The van der Waals surface area contributed by atoms with Crippen molar-refractivity contribution >= 4 is 26.1 Å². The van der Waals surface area contributed by atoms with Crippen LogP contribution in [0.5, 0.6) is 0 Å². The Balaban J connectivity index is 2.50. The summed E-state index contributed by atoms with van der Waals surface area (Å²) < 4.78 is 4.12. The number of carbonyl (C=O) groups is 1. The maximum absolute atomic E-state index is 10.8. The van der Waals surface area contributed by atoms with E-state index in [1.165, 1.54) is 12.4 Å². The van der Waals surface area contributed by atoms with Gasteiger partial charge in [-0.1, -0.05) is 0 Å². The Kier molecular flexibility index (Phi) is 2.12. The van der Waals surface area contributed by atoms with Crippen molar-refractivity contribution in [3.05, 3.63) is 27.1 Å². The molecular weight excluding hydrogens is 265 g/mol. The number of halogens is 1. The van der Waals surface area contributed by atoms with Crippen LogP contribution in [0, 0.1) is 10.5 Å². The molecule has 2 heterocycles. The van der Waals surface area contributed by atoms with Crippen LogP contribution in [-0.4, -0.2) is 20.1 Å². The Morgan fingerprint density at radius 3 is 2.92 bits per heavy atom. The Bertz CT molecular complexity index is 320. The van der Waals surface area contributed by atoms with Crippen LogP contribution >= 0.6 is 19.8 Å². The molecule has 0 radical (unpaired) electrons. The molecule has 0 atom stereocenters. The van der Waals surface area contributed by atoms with Crippen molar-refractivity contribution in [3.63, 3.8) is 0 Å². The van der Waals surface area contributed by atoms with Gasteiger partial charge in [-0.15, -0.1) is 0 Å². The van der Waals surface area contributed by atoms with Gasteiger partial charge in [-0.2, -0.15) is 0 Å². The van der Waals surface area contributed by atoms with E-state index in [1.54, 1.807) is 0 Å². The summed E-state index contributed by atoms with van der Waals surface area (Å²) in [4.78, 5) is 14.9. The van der Waals surface area contributed by atoms with Crippen molar-refractivity contribution in [2.45, 2.75) is 6.92 Å². The normalized spacial score (nSPS) is 17.6. The van der Waals surface area contributed by atoms with E-state index < -0.39 is 19.8 Å². The molecule has 1 fully saturated rings. The van der Waals surface area contributed by atoms with Gasteiger partial charge in [-0.25, -0.2) is 0 Å². The molecule has 3 heteroatoms. The average molecular weight is 275 g/mol. The van der Waals surface area contributed by atoms with Crippen molar-refractivity contribution in [3.8, 4) is 0 Å². The van der Waals surface area contributed by atoms with Gasteiger partial charge in [0, 0.05) is 0 Å². The molecule has 2 nitrogen and oxygen atoms in total. The fourth-order valence-corrected chi connectivity index (χ4v) is 5.90. The molecular formula is C9H10INO. The Labute approximate surface area is 78.8 Å². The number of carbonyl (C=O) groups excluding carboxylic acids is 1. The second-order valence-electron chi connectivity index (χ2n) is 2.74. The van der Waals surface area contributed by atoms with Crippen molar-refractivity contribution < 1.29 is 4.79 Å². The third-order valence-electron chi connectivity index (χ3n) is 1.92. The van der Waals surface area contributed by atoms with Crippen LogP contribution in [0.3, 0.4) is 0 Å². The molecule has 1 aliphatic heterocycles. The van der Waals surface area contributed by atoms with Crippen LogP contribution < -0.4 is 0 Å². The maximum atomic E-state index is 10.8. The van der Waals surface area contributed by atoms with Crippen molar-refractivity contribution in [2.75, 3.05) is 8.86 Å². The predicted octanol–water partition coefficient (Wildman–Crippen LogP) is 1.89. The first-order valence-corrected chi connectivity index (χ1v) is 7.98. The van der Waals surface area contributed by atoms with E-state index in [9.17, 15) is 4.79 Å². The molecule has 12 heavy (non-hydrogen) atoms. The van der Waals surface area contributed by atoms with Gasteiger partial charge in [0.2, 0.25) is 0 Å². The topological polar surface area (TPSA) is 30.0 Å². The third kappa shape index (κ3) is 1.37. The number of aromatic nitrogens is 1. The molecule has 2 rings (SSSR count). The van der Waals surface area contributed by atoms with E-state index in [0.29, 0.717) is 0 Å². The van der Waals surface area contributed by atoms with Crippen molar-refractivity contribution in [1.82, 2.24) is 4.98 Å². The van der Waals surface area contributed by atoms with E-state index in [-0.39, 0.29) is 0 Å². The van der Waals surface area contributed by atoms with Crippen LogP contribution in [0.1, 0.15) is 16.1 Å². The number of hydrogen-bond donors (Lipinski definition) is 0. The van der Waals surface area contributed by atoms with Gasteiger partial charge < -0.3 is 0 Å². The number of rotatable bonds is 2. The van der Waals surface area contributed by atoms with E-state index in [1.807, 2.05) is 19.2 Å². The van der Waals surface area contributed by atoms with Crippen LogP contribution in [0.2, 0.25) is 0 Å². The molecule has 1 aromatic rings. The monoisotopic (exact) mass is 275 g/mol. The molecule has 1 saturated heterocycles. The van der Waals surface area contributed by atoms with Crippen LogP contribution in [0.4, 0.5) is 0 Å². The first-order chi connectivity index (χ1) is 5.83. The summed E-state index contributed by atoms with van der Waals surface area (Å²) >= 11 is -0.797. The fraction of sp³-hybridized carbons (Fsp3) is 0.333. The summed E-state index contributed by atoms with van der Waals surface area (Å²) in [6.07, 6.45) is 2.79. The van der Waals surface area contributed by atoms with E-state index in [2.05, 4.69) is 4.98 Å². The van der Waals surface area contributed by atoms with Gasteiger partial charge in [0.15, 0.2) is 0 Å². The van der Waals surface area contributed by atoms with Crippen molar-refractivity contribution in [1.29, 1.82) is 0 Å². The minimum atomic E-state index is -0.797. The molecule has 64 valence electrons. The number of aryl methyl sites for hydroxylation is 1. The van der Waals surface area contributed by atoms with Gasteiger partial charge in [0.25, 0.3) is 0 Å². The molecule has 0 spiro atoms. The SMILES string of the molecule is Cc1nccc(I2CC2)c1C=O. The fourth-order valence-electron chi connectivity index (χ4n) is 1.16. The van der Waals surface area contributed by atoms with Gasteiger partial charge in [0.1, 0.15) is 0 Å². The second-order valence-corrected chi connectivity index (χ2v) is 8.67. The summed E-state index contributed by atoms with van der Waals surface area (Å²) in [7, 11) is 0. The molecule has 0 bridgehead atoms. The Morgan fingerprint density at radius 1 is 1.58 bits per heavy atom. The number of nitrogens with zero attached hydrogens (tertiary/aromatic N) is 1. The van der Waals surface area contributed by atoms with Gasteiger partial charge in [-0.05, 0) is 0 Å². The van der Waals surface area contributed by atoms with Gasteiger partial charge in [0.05, 0.1) is 0 Å². The van der Waals surface area contributed by atoms with Gasteiger partial charge in [-0.3, -0.25) is 0 Å². The van der Waals surface area contributed by atoms with Crippen LogP contribution in [-0.2, 0) is 0 Å². The number of pyridine rings is 1. The minimum absolute atomic E-state index is 0.797. The molecule has 0 amide bonds. The molecule has 1 aliphatic rings. The first kappa shape index (κ1) is 8.16. The summed E-state index contributed by atoms with van der Waals surface area (Å²) in [6, 6.07) is 2.04. The number of aldehydes is 1. The van der Waals surface area contributed by atoms with Crippen LogP contribution in [0.15, 0.2) is 12.3 Å². The molecule has 0 aromatic carbocycles. The second kappa shape index (κ2) is 3.12. The summed E-state index contributed by atoms with van der Waals surface area (Å²) in [5.74, 6) is 0. The number of hydrogen-bond acceptors (Lipinski definition) is 2. The standard InChI is InChI=1S/C9H10INO/c1-7-8(6-12)9(2-5-11-7)10-3-4-10/h2,5-6H,3-4H2,1H3. The molecule has 0 saturated carbocycles. The zero-order valence-electron chi connectivity index (χ0n) is 6.88. The van der Waals surface area contributed by atoms with E-state index >= 15 is 0 Å². The van der Waals surface area contributed by atoms with E-state index in [0.717, 1.165) is 17.5 Å². The zero-order chi connectivity index (χ0) is 8.55. The predicted molar refractivity (Wildman–Crippen MR) is 56.8 cm³/mol. The summed E-state index contributed by atoms with van der Waals surface area (Å²) in [5.41, 5.74) is 1.77. The summed E-state index contributed by atoms with van der Waals surface area (Å²) in [5, 5.41) is 0. The summed E-state index contributed by atoms with van der Waals surface area (Å²) in [6.45, 7) is 1.91. The molecule has 0 aliphatic carbocycles. The Hall–Kier alpha value is -0.450. The zero-order valence-corrected chi connectivity index (χ0v) is 9.04. The first-order valence-electron chi connectivity index (χ1n) is 3.85. The number of alkyl halides is 2. The van der Waals surface area contributed by atoms with E-state index in [4.69, 9.17) is 0 Å². The Morgan fingerprint density at radius 2 is 2.33 bits per heavy atom. The van der Waals surface area contributed by atoms with Crippen molar-refractivity contribution in [2.24, 2.45) is 0 Å². The molecule has 1 aromatic heterocycles. The third-order valence-corrected chi connectivity index (χ3v) is 6.66. The van der Waals surface area contributed by atoms with Crippen LogP contribution in [0.25, 0.3) is 0 Å². The molecule has 0 N–H and O–H groups in total.